The summed E-state index contributed by atoms with van der Waals surface area (Å²) in [6, 6.07) is 0.349. The van der Waals surface area contributed by atoms with Gasteiger partial charge in [0.2, 0.25) is 11.8 Å². The zero-order valence-electron chi connectivity index (χ0n) is 18.1. The minimum Gasteiger partial charge on any atom is -0.392 e. The summed E-state index contributed by atoms with van der Waals surface area (Å²) in [6.45, 7) is 6.42. The quantitative estimate of drug-likeness (QED) is 0.666. The van der Waals surface area contributed by atoms with E-state index >= 15 is 0 Å². The molecule has 5 rings (SSSR count). The lowest BCUT2D eigenvalue weighted by molar-refractivity contribution is -0.134. The lowest BCUT2D eigenvalue weighted by atomic mass is 9.53. The zero-order valence-corrected chi connectivity index (χ0v) is 18.9. The Labute approximate surface area is 182 Å². The number of nitrogens with zero attached hydrogens (tertiary/aromatic N) is 1. The average Bonchev–Trinajstić information content (AvgIpc) is 3.60. The van der Waals surface area contributed by atoms with Gasteiger partial charge in [-0.2, -0.15) is 0 Å². The molecule has 3 saturated carbocycles. The van der Waals surface area contributed by atoms with Crippen LogP contribution in [0.4, 0.5) is 5.13 Å². The first-order chi connectivity index (χ1) is 14.3. The fourth-order valence-electron chi connectivity index (χ4n) is 5.91. The van der Waals surface area contributed by atoms with Gasteiger partial charge in [-0.25, -0.2) is 4.98 Å². The zero-order chi connectivity index (χ0) is 21.2. The summed E-state index contributed by atoms with van der Waals surface area (Å²) in [4.78, 5) is 30.9. The van der Waals surface area contributed by atoms with Crippen molar-refractivity contribution in [2.45, 2.75) is 83.8 Å². The van der Waals surface area contributed by atoms with E-state index < -0.39 is 6.10 Å². The van der Waals surface area contributed by atoms with Gasteiger partial charge in [0.25, 0.3) is 0 Å². The molecule has 7 heteroatoms. The normalized spacial score (nSPS) is 36.4. The lowest BCUT2D eigenvalue weighted by Crippen LogP contribution is -2.53. The summed E-state index contributed by atoms with van der Waals surface area (Å²) in [5, 5.41) is 18.3. The Balaban J connectivity index is 1.35. The molecule has 0 unspecified atom stereocenters. The lowest BCUT2D eigenvalue weighted by Gasteiger charge is -2.53. The van der Waals surface area contributed by atoms with Crippen molar-refractivity contribution >= 4 is 28.3 Å². The van der Waals surface area contributed by atoms with Crippen molar-refractivity contribution in [1.29, 1.82) is 0 Å². The molecule has 1 aromatic heterocycles. The summed E-state index contributed by atoms with van der Waals surface area (Å²) in [7, 11) is 0. The summed E-state index contributed by atoms with van der Waals surface area (Å²) in [5.74, 6) is 0.337. The highest BCUT2D eigenvalue weighted by molar-refractivity contribution is 7.15. The second-order valence-corrected chi connectivity index (χ2v) is 11.6. The van der Waals surface area contributed by atoms with Gasteiger partial charge in [-0.3, -0.25) is 9.59 Å². The Morgan fingerprint density at radius 1 is 1.23 bits per heavy atom. The van der Waals surface area contributed by atoms with Crippen molar-refractivity contribution in [2.24, 2.45) is 29.1 Å². The SMILES string of the molecule is C[C@H](C(=O)NC1CC1)[C@H]1CC[C@]2(C)Cc3sc(NC(=O)C4CC4)nc3[C@H](C)[C@@H]2[C@H]1O. The Kier molecular flexibility index (Phi) is 4.97. The van der Waals surface area contributed by atoms with Crippen LogP contribution in [-0.4, -0.2) is 34.1 Å². The predicted molar refractivity (Wildman–Crippen MR) is 116 cm³/mol. The highest BCUT2D eigenvalue weighted by Crippen LogP contribution is 2.57. The van der Waals surface area contributed by atoms with Crippen molar-refractivity contribution in [1.82, 2.24) is 10.3 Å². The minimum atomic E-state index is -0.516. The minimum absolute atomic E-state index is 0.000668. The first kappa shape index (κ1) is 20.4. The highest BCUT2D eigenvalue weighted by atomic mass is 32.1. The van der Waals surface area contributed by atoms with Crippen LogP contribution < -0.4 is 10.6 Å². The summed E-state index contributed by atoms with van der Waals surface area (Å²) in [5.41, 5.74) is 1.03. The number of hydrogen-bond donors (Lipinski definition) is 3. The van der Waals surface area contributed by atoms with Crippen molar-refractivity contribution in [3.8, 4) is 0 Å². The van der Waals surface area contributed by atoms with E-state index in [1.54, 1.807) is 11.3 Å². The van der Waals surface area contributed by atoms with Gasteiger partial charge in [-0.15, -0.1) is 11.3 Å². The van der Waals surface area contributed by atoms with Crippen LogP contribution in [0.2, 0.25) is 0 Å². The van der Waals surface area contributed by atoms with Crippen LogP contribution in [0.5, 0.6) is 0 Å². The molecule has 4 aliphatic rings. The van der Waals surface area contributed by atoms with Crippen LogP contribution in [0.25, 0.3) is 0 Å². The number of aromatic nitrogens is 1. The number of thiazole rings is 1. The summed E-state index contributed by atoms with van der Waals surface area (Å²) >= 11 is 1.61. The number of anilines is 1. The smallest absolute Gasteiger partial charge is 0.229 e. The largest absolute Gasteiger partial charge is 0.392 e. The van der Waals surface area contributed by atoms with E-state index in [1.165, 1.54) is 4.88 Å². The molecule has 1 heterocycles. The van der Waals surface area contributed by atoms with Crippen molar-refractivity contribution in [3.63, 3.8) is 0 Å². The van der Waals surface area contributed by atoms with Gasteiger partial charge >= 0.3 is 0 Å². The topological polar surface area (TPSA) is 91.3 Å². The van der Waals surface area contributed by atoms with Crippen molar-refractivity contribution in [3.05, 3.63) is 10.6 Å². The van der Waals surface area contributed by atoms with Crippen molar-refractivity contribution < 1.29 is 14.7 Å². The van der Waals surface area contributed by atoms with E-state index in [0.717, 1.165) is 50.6 Å². The van der Waals surface area contributed by atoms with Gasteiger partial charge in [0.15, 0.2) is 5.13 Å². The number of hydrogen-bond acceptors (Lipinski definition) is 5. The van der Waals surface area contributed by atoms with E-state index in [1.807, 2.05) is 6.92 Å². The molecule has 6 nitrogen and oxygen atoms in total. The number of carbonyl (C=O) groups excluding carboxylic acids is 2. The maximum atomic E-state index is 12.7. The summed E-state index contributed by atoms with van der Waals surface area (Å²) < 4.78 is 0. The molecular formula is C23H33N3O3S. The molecule has 3 N–H and O–H groups in total. The first-order valence-electron chi connectivity index (χ1n) is 11.6. The van der Waals surface area contributed by atoms with E-state index in [2.05, 4.69) is 24.5 Å². The second-order valence-electron chi connectivity index (χ2n) is 10.5. The molecular weight excluding hydrogens is 398 g/mol. The third-order valence-electron chi connectivity index (χ3n) is 8.08. The molecule has 0 bridgehead atoms. The average molecular weight is 432 g/mol. The Morgan fingerprint density at radius 3 is 2.63 bits per heavy atom. The monoisotopic (exact) mass is 431 g/mol. The number of nitrogens with one attached hydrogen (secondary N) is 2. The predicted octanol–water partition coefficient (Wildman–Crippen LogP) is 3.46. The van der Waals surface area contributed by atoms with Gasteiger partial charge < -0.3 is 15.7 Å². The molecule has 0 saturated heterocycles. The molecule has 1 aromatic rings. The van der Waals surface area contributed by atoms with Gasteiger partial charge in [-0.05, 0) is 62.2 Å². The number of amides is 2. The number of carbonyl (C=O) groups is 2. The van der Waals surface area contributed by atoms with E-state index in [-0.39, 0.29) is 46.8 Å². The maximum absolute atomic E-state index is 12.7. The Bertz CT molecular complexity index is 862. The number of aliphatic hydroxyl groups is 1. The molecule has 30 heavy (non-hydrogen) atoms. The van der Waals surface area contributed by atoms with Crippen LogP contribution >= 0.6 is 11.3 Å². The second kappa shape index (κ2) is 7.30. The molecule has 164 valence electrons. The van der Waals surface area contributed by atoms with Gasteiger partial charge in [0.05, 0.1) is 11.8 Å². The molecule has 0 spiro atoms. The third-order valence-corrected chi connectivity index (χ3v) is 9.07. The highest BCUT2D eigenvalue weighted by Gasteiger charge is 2.54. The van der Waals surface area contributed by atoms with Gasteiger partial charge in [0.1, 0.15) is 0 Å². The maximum Gasteiger partial charge on any atom is 0.229 e. The number of rotatable bonds is 5. The van der Waals surface area contributed by atoms with Gasteiger partial charge in [0, 0.05) is 28.7 Å². The van der Waals surface area contributed by atoms with Crippen LogP contribution in [0.3, 0.4) is 0 Å². The van der Waals surface area contributed by atoms with Crippen LogP contribution in [0.15, 0.2) is 0 Å². The van der Waals surface area contributed by atoms with Crippen molar-refractivity contribution in [2.75, 3.05) is 5.32 Å². The third kappa shape index (κ3) is 3.58. The Morgan fingerprint density at radius 2 is 1.97 bits per heavy atom. The molecule has 4 aliphatic carbocycles. The van der Waals surface area contributed by atoms with E-state index in [4.69, 9.17) is 4.98 Å². The molecule has 0 aromatic carbocycles. The van der Waals surface area contributed by atoms with Crippen LogP contribution in [0.1, 0.15) is 75.8 Å². The van der Waals surface area contributed by atoms with E-state index in [0.29, 0.717) is 11.2 Å². The standard InChI is InChI=1S/C23H33N3O3S/c1-11(20(28)24-14-6-7-14)15-8-9-23(3)10-16-18(12(2)17(23)19(15)27)25-22(30-16)26-21(29)13-4-5-13/h11-15,17,19,27H,4-10H2,1-3H3,(H,24,28)(H,25,26,29)/t11-,12+,15+,17+,19-,23+/m0/s1. The molecule has 3 fully saturated rings. The van der Waals surface area contributed by atoms with Crippen LogP contribution in [-0.2, 0) is 16.0 Å². The van der Waals surface area contributed by atoms with E-state index in [9.17, 15) is 14.7 Å². The van der Waals surface area contributed by atoms with Crippen LogP contribution in [0, 0.1) is 29.1 Å². The number of fused-ring (bicyclic) bond motifs is 2. The van der Waals surface area contributed by atoms with Gasteiger partial charge in [-0.1, -0.05) is 20.8 Å². The number of aliphatic hydroxyl groups excluding tert-OH is 1. The molecule has 2 amide bonds. The first-order valence-corrected chi connectivity index (χ1v) is 12.4. The summed E-state index contributed by atoms with van der Waals surface area (Å²) in [6.07, 6.45) is 6.37. The molecule has 6 atom stereocenters. The fourth-order valence-corrected chi connectivity index (χ4v) is 7.17. The molecule has 0 radical (unpaired) electrons. The molecule has 0 aliphatic heterocycles. The fraction of sp³-hybridized carbons (Fsp3) is 0.783. The Hall–Kier alpha value is -1.47.